The third kappa shape index (κ3) is 5.94. The van der Waals surface area contributed by atoms with Crippen LogP contribution in [0.25, 0.3) is 109 Å². The summed E-state index contributed by atoms with van der Waals surface area (Å²) in [5.74, 6) is 0. The second-order valence-corrected chi connectivity index (χ2v) is 14.8. The molecule has 58 heavy (non-hydrogen) atoms. The Hall–Kier alpha value is -7.28. The first-order chi connectivity index (χ1) is 28.8. The number of benzene rings is 11. The first-order valence-corrected chi connectivity index (χ1v) is 20.4. The number of hydrogen-bond donors (Lipinski definition) is 0. The molecule has 0 aliphatic rings. The van der Waals surface area contributed by atoms with Crippen LogP contribution in [0.15, 0.2) is 218 Å². The molecule has 0 aliphatic carbocycles. The minimum absolute atomic E-state index is 1.21. The van der Waals surface area contributed by atoms with Gasteiger partial charge in [0.2, 0.25) is 0 Å². The van der Waals surface area contributed by atoms with Gasteiger partial charge in [0.25, 0.3) is 0 Å². The summed E-state index contributed by atoms with van der Waals surface area (Å²) < 4.78 is 0. The molecule has 11 aromatic carbocycles. The van der Waals surface area contributed by atoms with E-state index in [9.17, 15) is 0 Å². The molecular formula is C58H42. The molecule has 0 radical (unpaired) electrons. The van der Waals surface area contributed by atoms with Crippen LogP contribution in [0.1, 0.15) is 13.8 Å². The van der Waals surface area contributed by atoms with Crippen molar-refractivity contribution in [1.82, 2.24) is 0 Å². The van der Waals surface area contributed by atoms with Gasteiger partial charge in [-0.05, 0) is 122 Å². The molecule has 0 atom stereocenters. The monoisotopic (exact) mass is 738 g/mol. The lowest BCUT2D eigenvalue weighted by Gasteiger charge is -2.18. The van der Waals surface area contributed by atoms with Crippen LogP contribution in [-0.4, -0.2) is 0 Å². The lowest BCUT2D eigenvalue weighted by atomic mass is 9.85. The summed E-state index contributed by atoms with van der Waals surface area (Å²) in [6, 6.07) is 80.1. The maximum atomic E-state index is 2.37. The van der Waals surface area contributed by atoms with Gasteiger partial charge >= 0.3 is 0 Å². The smallest absolute Gasteiger partial charge is 0.00262 e. The third-order valence-electron chi connectivity index (χ3n) is 11.6. The lowest BCUT2D eigenvalue weighted by Crippen LogP contribution is -1.91. The highest BCUT2D eigenvalue weighted by Gasteiger charge is 2.18. The van der Waals surface area contributed by atoms with Gasteiger partial charge in [-0.15, -0.1) is 0 Å². The molecule has 0 bridgehead atoms. The summed E-state index contributed by atoms with van der Waals surface area (Å²) in [7, 11) is 0. The molecule has 0 N–H and O–H groups in total. The largest absolute Gasteiger partial charge is 0.0683 e. The summed E-state index contributed by atoms with van der Waals surface area (Å²) in [5.41, 5.74) is 12.5. The maximum Gasteiger partial charge on any atom is -0.00262 e. The van der Waals surface area contributed by atoms with Gasteiger partial charge in [0.1, 0.15) is 0 Å². The first-order valence-electron chi connectivity index (χ1n) is 20.4. The Balaban J connectivity index is 0.00000201. The average molecular weight is 739 g/mol. The van der Waals surface area contributed by atoms with E-state index >= 15 is 0 Å². The third-order valence-corrected chi connectivity index (χ3v) is 11.6. The molecule has 274 valence electrons. The fourth-order valence-electron chi connectivity index (χ4n) is 9.12. The van der Waals surface area contributed by atoms with Crippen molar-refractivity contribution in [2.75, 3.05) is 0 Å². The molecule has 11 aromatic rings. The van der Waals surface area contributed by atoms with E-state index in [0.29, 0.717) is 0 Å². The van der Waals surface area contributed by atoms with Gasteiger partial charge in [0.05, 0.1) is 0 Å². The topological polar surface area (TPSA) is 0 Å². The zero-order valence-electron chi connectivity index (χ0n) is 32.8. The second kappa shape index (κ2) is 15.0. The Kier molecular flexibility index (Phi) is 9.09. The molecule has 0 spiro atoms. The van der Waals surface area contributed by atoms with E-state index in [4.69, 9.17) is 0 Å². The van der Waals surface area contributed by atoms with E-state index in [1.54, 1.807) is 0 Å². The van der Waals surface area contributed by atoms with Crippen molar-refractivity contribution < 1.29 is 0 Å². The first kappa shape index (κ1) is 35.2. The van der Waals surface area contributed by atoms with Gasteiger partial charge < -0.3 is 0 Å². The van der Waals surface area contributed by atoms with Gasteiger partial charge in [-0.25, -0.2) is 0 Å². The van der Waals surface area contributed by atoms with Crippen LogP contribution in [0, 0.1) is 0 Å². The molecule has 0 nitrogen and oxygen atoms in total. The normalized spacial score (nSPS) is 11.3. The highest BCUT2D eigenvalue weighted by atomic mass is 14.2. The molecule has 11 rings (SSSR count). The SMILES string of the molecule is CC.c1ccc(-c2c3ccccc3c(-c3ccc(-c4ccc5cc(-c6c7ccccc7c(-c7ccccc7)c7ccccc67)ccc5c4)cc3)c3ccccc23)cc1. The van der Waals surface area contributed by atoms with Crippen molar-refractivity contribution in [3.8, 4) is 55.6 Å². The van der Waals surface area contributed by atoms with E-state index in [1.807, 2.05) is 13.8 Å². The fraction of sp³-hybridized carbons (Fsp3) is 0.0345. The van der Waals surface area contributed by atoms with Crippen LogP contribution in [0.5, 0.6) is 0 Å². The molecule has 0 amide bonds. The van der Waals surface area contributed by atoms with Crippen molar-refractivity contribution >= 4 is 53.9 Å². The predicted octanol–water partition coefficient (Wildman–Crippen LogP) is 16.8. The molecule has 0 unspecified atom stereocenters. The summed E-state index contributed by atoms with van der Waals surface area (Å²) in [4.78, 5) is 0. The van der Waals surface area contributed by atoms with Crippen molar-refractivity contribution in [3.05, 3.63) is 218 Å². The summed E-state index contributed by atoms with van der Waals surface area (Å²) in [6.45, 7) is 4.00. The van der Waals surface area contributed by atoms with E-state index in [-0.39, 0.29) is 0 Å². The zero-order valence-corrected chi connectivity index (χ0v) is 32.8. The Labute approximate surface area is 340 Å². The molecule has 0 saturated heterocycles. The fourth-order valence-corrected chi connectivity index (χ4v) is 9.12. The Morgan fingerprint density at radius 2 is 0.431 bits per heavy atom. The minimum atomic E-state index is 1.21. The van der Waals surface area contributed by atoms with E-state index < -0.39 is 0 Å². The second-order valence-electron chi connectivity index (χ2n) is 14.8. The Bertz CT molecular complexity index is 3150. The lowest BCUT2D eigenvalue weighted by molar-refractivity contribution is 1.50. The molecule has 0 heteroatoms. The maximum absolute atomic E-state index is 2.37. The van der Waals surface area contributed by atoms with E-state index in [1.165, 1.54) is 109 Å². The Morgan fingerprint density at radius 1 is 0.190 bits per heavy atom. The zero-order chi connectivity index (χ0) is 39.0. The van der Waals surface area contributed by atoms with Gasteiger partial charge in [-0.3, -0.25) is 0 Å². The molecule has 0 heterocycles. The van der Waals surface area contributed by atoms with Crippen molar-refractivity contribution in [1.29, 1.82) is 0 Å². The van der Waals surface area contributed by atoms with Crippen LogP contribution in [0.3, 0.4) is 0 Å². The van der Waals surface area contributed by atoms with Crippen molar-refractivity contribution in [2.45, 2.75) is 13.8 Å². The summed E-state index contributed by atoms with van der Waals surface area (Å²) >= 11 is 0. The van der Waals surface area contributed by atoms with Crippen LogP contribution in [-0.2, 0) is 0 Å². The highest BCUT2D eigenvalue weighted by molar-refractivity contribution is 6.23. The van der Waals surface area contributed by atoms with Crippen LogP contribution in [0.2, 0.25) is 0 Å². The van der Waals surface area contributed by atoms with Crippen molar-refractivity contribution in [2.24, 2.45) is 0 Å². The number of hydrogen-bond acceptors (Lipinski definition) is 0. The molecule has 0 saturated carbocycles. The summed E-state index contributed by atoms with van der Waals surface area (Å²) in [6.07, 6.45) is 0. The summed E-state index contributed by atoms with van der Waals surface area (Å²) in [5, 5.41) is 12.7. The van der Waals surface area contributed by atoms with Gasteiger partial charge in [-0.1, -0.05) is 220 Å². The van der Waals surface area contributed by atoms with Crippen molar-refractivity contribution in [3.63, 3.8) is 0 Å². The molecular weight excluding hydrogens is 697 g/mol. The molecule has 0 aliphatic heterocycles. The van der Waals surface area contributed by atoms with Crippen LogP contribution < -0.4 is 0 Å². The highest BCUT2D eigenvalue weighted by Crippen LogP contribution is 2.46. The van der Waals surface area contributed by atoms with Gasteiger partial charge in [0.15, 0.2) is 0 Å². The number of fused-ring (bicyclic) bond motifs is 5. The molecule has 0 aromatic heterocycles. The van der Waals surface area contributed by atoms with Gasteiger partial charge in [-0.2, -0.15) is 0 Å². The Morgan fingerprint density at radius 3 is 0.793 bits per heavy atom. The number of rotatable bonds is 5. The molecule has 0 fully saturated rings. The van der Waals surface area contributed by atoms with E-state index in [2.05, 4.69) is 218 Å². The predicted molar refractivity (Wildman–Crippen MR) is 252 cm³/mol. The van der Waals surface area contributed by atoms with Crippen LogP contribution >= 0.6 is 0 Å². The minimum Gasteiger partial charge on any atom is -0.0683 e. The van der Waals surface area contributed by atoms with Crippen LogP contribution in [0.4, 0.5) is 0 Å². The van der Waals surface area contributed by atoms with E-state index in [0.717, 1.165) is 0 Å². The van der Waals surface area contributed by atoms with Gasteiger partial charge in [0, 0.05) is 0 Å². The standard InChI is InChI=1S/C56H36.C2H6/c1-3-15-38(16-4-1)53-45-19-7-9-21-47(45)55(48-22-10-8-20-46(48)53)40-29-27-37(28-30-40)41-31-32-43-36-44(34-33-42(43)35-41)56-51-25-13-11-23-49(51)54(39-17-5-2-6-18-39)50-24-12-14-26-52(50)56;1-2/h1-36H;1-2H3. The quantitative estimate of drug-likeness (QED) is 0.154. The average Bonchev–Trinajstić information content (AvgIpc) is 3.31.